The number of nitrogens with two attached hydrogens (primary N) is 1. The first-order chi connectivity index (χ1) is 9.04. The van der Waals surface area contributed by atoms with Gasteiger partial charge in [-0.1, -0.05) is 12.2 Å². The number of amides is 1. The van der Waals surface area contributed by atoms with Crippen LogP contribution in [0, 0.1) is 0 Å². The van der Waals surface area contributed by atoms with E-state index in [1.54, 1.807) is 18.2 Å². The van der Waals surface area contributed by atoms with Crippen LogP contribution < -0.4 is 15.8 Å². The normalized spacial score (nSPS) is 10.0. The fraction of sp³-hybridized carbons (Fsp3) is 0.357. The molecule has 1 aromatic carbocycles. The number of hydrogen-bond acceptors (Lipinski definition) is 4. The molecular formula is C14H20N2O3. The standard InChI is InChI=1S/C14H20N2O3/c1-10(2)9-19-7-6-16-14(17)11-4-5-12(15)13(8-11)18-3/h4-5,8H,1,6-7,9,15H2,2-3H3,(H,16,17). The highest BCUT2D eigenvalue weighted by molar-refractivity contribution is 5.95. The van der Waals surface area contributed by atoms with Crippen molar-refractivity contribution in [2.45, 2.75) is 6.92 Å². The third kappa shape index (κ3) is 5.01. The summed E-state index contributed by atoms with van der Waals surface area (Å²) in [6.45, 7) is 7.01. The highest BCUT2D eigenvalue weighted by atomic mass is 16.5. The lowest BCUT2D eigenvalue weighted by molar-refractivity contribution is 0.0926. The largest absolute Gasteiger partial charge is 0.495 e. The molecule has 1 aromatic rings. The minimum Gasteiger partial charge on any atom is -0.495 e. The molecule has 0 aliphatic carbocycles. The molecule has 0 unspecified atom stereocenters. The minimum atomic E-state index is -0.183. The van der Waals surface area contributed by atoms with Crippen LogP contribution in [-0.2, 0) is 4.74 Å². The zero-order valence-electron chi connectivity index (χ0n) is 11.4. The van der Waals surface area contributed by atoms with Gasteiger partial charge in [-0.25, -0.2) is 0 Å². The molecule has 19 heavy (non-hydrogen) atoms. The predicted molar refractivity (Wildman–Crippen MR) is 75.4 cm³/mol. The average Bonchev–Trinajstić information content (AvgIpc) is 2.38. The number of ether oxygens (including phenoxy) is 2. The molecule has 0 atom stereocenters. The van der Waals surface area contributed by atoms with Gasteiger partial charge in [-0.15, -0.1) is 0 Å². The molecule has 0 radical (unpaired) electrons. The van der Waals surface area contributed by atoms with Crippen molar-refractivity contribution in [3.8, 4) is 5.75 Å². The van der Waals surface area contributed by atoms with Crippen molar-refractivity contribution in [1.82, 2.24) is 5.32 Å². The number of carbonyl (C=O) groups is 1. The van der Waals surface area contributed by atoms with Gasteiger partial charge in [0.15, 0.2) is 0 Å². The molecule has 0 fully saturated rings. The number of rotatable bonds is 7. The molecule has 5 heteroatoms. The highest BCUT2D eigenvalue weighted by Crippen LogP contribution is 2.21. The highest BCUT2D eigenvalue weighted by Gasteiger charge is 2.08. The molecule has 104 valence electrons. The van der Waals surface area contributed by atoms with Gasteiger partial charge in [0.2, 0.25) is 0 Å². The Morgan fingerprint density at radius 1 is 1.47 bits per heavy atom. The summed E-state index contributed by atoms with van der Waals surface area (Å²) in [4.78, 5) is 11.8. The summed E-state index contributed by atoms with van der Waals surface area (Å²) in [6.07, 6.45) is 0. The van der Waals surface area contributed by atoms with E-state index in [9.17, 15) is 4.79 Å². The van der Waals surface area contributed by atoms with E-state index in [-0.39, 0.29) is 5.91 Å². The van der Waals surface area contributed by atoms with Crippen LogP contribution in [0.1, 0.15) is 17.3 Å². The van der Waals surface area contributed by atoms with E-state index in [1.807, 2.05) is 6.92 Å². The van der Waals surface area contributed by atoms with E-state index < -0.39 is 0 Å². The van der Waals surface area contributed by atoms with E-state index in [2.05, 4.69) is 11.9 Å². The van der Waals surface area contributed by atoms with Gasteiger partial charge in [0.25, 0.3) is 5.91 Å². The lowest BCUT2D eigenvalue weighted by atomic mass is 10.2. The number of hydrogen-bond donors (Lipinski definition) is 2. The van der Waals surface area contributed by atoms with Gasteiger partial charge in [-0.3, -0.25) is 4.79 Å². The van der Waals surface area contributed by atoms with Gasteiger partial charge >= 0.3 is 0 Å². The van der Waals surface area contributed by atoms with Crippen molar-refractivity contribution in [3.63, 3.8) is 0 Å². The fourth-order valence-electron chi connectivity index (χ4n) is 1.44. The fourth-order valence-corrected chi connectivity index (χ4v) is 1.44. The Kier molecular flexibility index (Phi) is 5.89. The Morgan fingerprint density at radius 3 is 2.84 bits per heavy atom. The maximum Gasteiger partial charge on any atom is 0.251 e. The summed E-state index contributed by atoms with van der Waals surface area (Å²) in [6, 6.07) is 4.91. The Bertz CT molecular complexity index is 458. The molecule has 0 aliphatic rings. The molecule has 3 N–H and O–H groups in total. The number of nitrogen functional groups attached to an aromatic ring is 1. The van der Waals surface area contributed by atoms with Crippen LogP contribution in [-0.4, -0.2) is 32.8 Å². The summed E-state index contributed by atoms with van der Waals surface area (Å²) < 4.78 is 10.4. The SMILES string of the molecule is C=C(C)COCCNC(=O)c1ccc(N)c(OC)c1. The number of nitrogens with one attached hydrogen (secondary N) is 1. The van der Waals surface area contributed by atoms with Crippen molar-refractivity contribution in [3.05, 3.63) is 35.9 Å². The second-order valence-corrected chi connectivity index (χ2v) is 4.22. The maximum atomic E-state index is 11.8. The lowest BCUT2D eigenvalue weighted by Gasteiger charge is -2.09. The van der Waals surface area contributed by atoms with E-state index in [4.69, 9.17) is 15.2 Å². The molecule has 5 nitrogen and oxygen atoms in total. The number of anilines is 1. The van der Waals surface area contributed by atoms with Gasteiger partial charge in [-0.05, 0) is 25.1 Å². The monoisotopic (exact) mass is 264 g/mol. The van der Waals surface area contributed by atoms with Gasteiger partial charge in [0.05, 0.1) is 26.0 Å². The molecule has 0 aliphatic heterocycles. The molecule has 0 aromatic heterocycles. The van der Waals surface area contributed by atoms with E-state index in [1.165, 1.54) is 7.11 Å². The van der Waals surface area contributed by atoms with Crippen molar-refractivity contribution >= 4 is 11.6 Å². The quantitative estimate of drug-likeness (QED) is 0.445. The van der Waals surface area contributed by atoms with Crippen LogP contribution in [0.15, 0.2) is 30.4 Å². The van der Waals surface area contributed by atoms with Crippen LogP contribution in [0.3, 0.4) is 0 Å². The van der Waals surface area contributed by atoms with Crippen molar-refractivity contribution in [2.75, 3.05) is 32.6 Å². The summed E-state index contributed by atoms with van der Waals surface area (Å²) in [5.41, 5.74) is 7.65. The van der Waals surface area contributed by atoms with Gasteiger partial charge in [0, 0.05) is 12.1 Å². The lowest BCUT2D eigenvalue weighted by Crippen LogP contribution is -2.27. The Balaban J connectivity index is 2.43. The number of carbonyl (C=O) groups excluding carboxylic acids is 1. The smallest absolute Gasteiger partial charge is 0.251 e. The van der Waals surface area contributed by atoms with E-state index in [0.717, 1.165) is 5.57 Å². The van der Waals surface area contributed by atoms with Gasteiger partial charge in [-0.2, -0.15) is 0 Å². The molecule has 1 amide bonds. The van der Waals surface area contributed by atoms with Gasteiger partial charge < -0.3 is 20.5 Å². The van der Waals surface area contributed by atoms with Crippen LogP contribution in [0.25, 0.3) is 0 Å². The maximum absolute atomic E-state index is 11.8. The summed E-state index contributed by atoms with van der Waals surface area (Å²) in [7, 11) is 1.51. The van der Waals surface area contributed by atoms with E-state index >= 15 is 0 Å². The first-order valence-electron chi connectivity index (χ1n) is 5.98. The first kappa shape index (κ1) is 15.0. The molecule has 0 heterocycles. The minimum absolute atomic E-state index is 0.183. The Morgan fingerprint density at radius 2 is 2.21 bits per heavy atom. The third-order valence-electron chi connectivity index (χ3n) is 2.38. The summed E-state index contributed by atoms with van der Waals surface area (Å²) >= 11 is 0. The van der Waals surface area contributed by atoms with Crippen molar-refractivity contribution in [2.24, 2.45) is 0 Å². The molecule has 0 saturated heterocycles. The number of methoxy groups -OCH3 is 1. The van der Waals surface area contributed by atoms with Crippen molar-refractivity contribution in [1.29, 1.82) is 0 Å². The van der Waals surface area contributed by atoms with Crippen molar-refractivity contribution < 1.29 is 14.3 Å². The zero-order valence-corrected chi connectivity index (χ0v) is 11.4. The Labute approximate surface area is 113 Å². The topological polar surface area (TPSA) is 73.6 Å². The molecule has 0 bridgehead atoms. The van der Waals surface area contributed by atoms with Crippen LogP contribution in [0.5, 0.6) is 5.75 Å². The first-order valence-corrected chi connectivity index (χ1v) is 5.98. The predicted octanol–water partition coefficient (Wildman–Crippen LogP) is 1.60. The summed E-state index contributed by atoms with van der Waals surface area (Å²) in [5.74, 6) is 0.309. The van der Waals surface area contributed by atoms with Crippen LogP contribution in [0.2, 0.25) is 0 Å². The second-order valence-electron chi connectivity index (χ2n) is 4.22. The van der Waals surface area contributed by atoms with Crippen LogP contribution >= 0.6 is 0 Å². The summed E-state index contributed by atoms with van der Waals surface area (Å²) in [5, 5.41) is 2.75. The zero-order chi connectivity index (χ0) is 14.3. The molecule has 1 rings (SSSR count). The number of benzene rings is 1. The molecule has 0 spiro atoms. The molecular weight excluding hydrogens is 244 g/mol. The van der Waals surface area contributed by atoms with E-state index in [0.29, 0.717) is 36.8 Å². The average molecular weight is 264 g/mol. The Hall–Kier alpha value is -2.01. The van der Waals surface area contributed by atoms with Gasteiger partial charge in [0.1, 0.15) is 5.75 Å². The van der Waals surface area contributed by atoms with Crippen LogP contribution in [0.4, 0.5) is 5.69 Å². The molecule has 0 saturated carbocycles. The second kappa shape index (κ2) is 7.43. The third-order valence-corrected chi connectivity index (χ3v) is 2.38.